The number of amides is 1. The molecule has 0 N–H and O–H groups in total. The minimum absolute atomic E-state index is 0.0759. The molecule has 0 atom stereocenters. The van der Waals surface area contributed by atoms with E-state index >= 15 is 0 Å². The molecule has 0 aliphatic heterocycles. The molecule has 0 unspecified atom stereocenters. The molecule has 0 spiro atoms. The SMILES string of the molecule is COP(=O)(OC)C(=NC(=O)c1ccccc1)C(F)(F)F. The van der Waals surface area contributed by atoms with E-state index in [1.165, 1.54) is 24.3 Å². The van der Waals surface area contributed by atoms with E-state index in [2.05, 4.69) is 14.0 Å². The first-order valence-electron chi connectivity index (χ1n) is 5.22. The molecule has 0 bridgehead atoms. The summed E-state index contributed by atoms with van der Waals surface area (Å²) in [5, 5.41) is 0. The summed E-state index contributed by atoms with van der Waals surface area (Å²) in [5.74, 6) is -1.19. The van der Waals surface area contributed by atoms with Crippen molar-refractivity contribution in [3.63, 3.8) is 0 Å². The maximum Gasteiger partial charge on any atom is 0.441 e. The molecule has 0 fully saturated rings. The van der Waals surface area contributed by atoms with Crippen molar-refractivity contribution in [1.29, 1.82) is 0 Å². The fourth-order valence-corrected chi connectivity index (χ4v) is 2.29. The van der Waals surface area contributed by atoms with Gasteiger partial charge in [0.1, 0.15) is 0 Å². The van der Waals surface area contributed by atoms with Crippen LogP contribution in [-0.4, -0.2) is 31.8 Å². The number of benzene rings is 1. The molecule has 1 amide bonds. The molecule has 110 valence electrons. The smallest absolute Gasteiger partial charge is 0.307 e. The highest BCUT2D eigenvalue weighted by Crippen LogP contribution is 2.53. The monoisotopic (exact) mass is 309 g/mol. The number of carbonyl (C=O) groups is 1. The van der Waals surface area contributed by atoms with Crippen LogP contribution >= 0.6 is 7.60 Å². The van der Waals surface area contributed by atoms with Crippen LogP contribution < -0.4 is 0 Å². The summed E-state index contributed by atoms with van der Waals surface area (Å²) in [6.45, 7) is 0. The number of halogens is 3. The van der Waals surface area contributed by atoms with Crippen LogP contribution in [0.15, 0.2) is 35.3 Å². The number of alkyl halides is 3. The lowest BCUT2D eigenvalue weighted by Crippen LogP contribution is -2.25. The van der Waals surface area contributed by atoms with Gasteiger partial charge in [-0.2, -0.15) is 18.2 Å². The topological polar surface area (TPSA) is 65.0 Å². The van der Waals surface area contributed by atoms with Crippen LogP contribution in [0.5, 0.6) is 0 Å². The van der Waals surface area contributed by atoms with Gasteiger partial charge in [0.15, 0.2) is 0 Å². The Morgan fingerprint density at radius 1 is 1.15 bits per heavy atom. The van der Waals surface area contributed by atoms with Gasteiger partial charge in [-0.25, -0.2) is 0 Å². The van der Waals surface area contributed by atoms with Gasteiger partial charge < -0.3 is 9.05 Å². The van der Waals surface area contributed by atoms with E-state index in [1.54, 1.807) is 6.07 Å². The van der Waals surface area contributed by atoms with Crippen molar-refractivity contribution in [2.45, 2.75) is 6.18 Å². The van der Waals surface area contributed by atoms with Gasteiger partial charge in [-0.3, -0.25) is 9.36 Å². The molecule has 1 aromatic carbocycles. The maximum absolute atomic E-state index is 12.9. The minimum Gasteiger partial charge on any atom is -0.307 e. The van der Waals surface area contributed by atoms with Gasteiger partial charge in [-0.05, 0) is 12.1 Å². The van der Waals surface area contributed by atoms with E-state index in [0.29, 0.717) is 0 Å². The fourth-order valence-electron chi connectivity index (χ4n) is 1.27. The van der Waals surface area contributed by atoms with Crippen LogP contribution in [0.1, 0.15) is 10.4 Å². The van der Waals surface area contributed by atoms with E-state index in [1.807, 2.05) is 0 Å². The maximum atomic E-state index is 12.9. The molecule has 0 saturated heterocycles. The van der Waals surface area contributed by atoms with Crippen LogP contribution in [0, 0.1) is 0 Å². The predicted molar refractivity (Wildman–Crippen MR) is 65.9 cm³/mol. The molecule has 1 aromatic rings. The van der Waals surface area contributed by atoms with Crippen LogP contribution in [0.25, 0.3) is 0 Å². The largest absolute Gasteiger partial charge is 0.441 e. The normalized spacial score (nSPS) is 13.3. The van der Waals surface area contributed by atoms with Gasteiger partial charge in [0.05, 0.1) is 0 Å². The molecule has 0 aliphatic rings. The zero-order valence-electron chi connectivity index (χ0n) is 10.5. The first-order chi connectivity index (χ1) is 9.24. The Hall–Kier alpha value is -1.50. The summed E-state index contributed by atoms with van der Waals surface area (Å²) in [5.41, 5.74) is -1.96. The highest BCUT2D eigenvalue weighted by molar-refractivity contribution is 7.72. The average Bonchev–Trinajstić information content (AvgIpc) is 2.43. The number of aliphatic imine (C=N–C) groups is 1. The standard InChI is InChI=1S/C11H11F3NO4P/c1-18-20(17,19-2)10(11(12,13)14)15-9(16)8-6-4-3-5-7-8/h3-7H,1-2H3. The summed E-state index contributed by atoms with van der Waals surface area (Å²) in [7, 11) is -3.13. The number of carbonyl (C=O) groups excluding carboxylic acids is 1. The number of hydrogen-bond donors (Lipinski definition) is 0. The molecule has 5 nitrogen and oxygen atoms in total. The Morgan fingerprint density at radius 2 is 1.65 bits per heavy atom. The Labute approximate surface area is 112 Å². The van der Waals surface area contributed by atoms with Crippen molar-refractivity contribution in [3.05, 3.63) is 35.9 Å². The van der Waals surface area contributed by atoms with Gasteiger partial charge in [0, 0.05) is 19.8 Å². The minimum atomic E-state index is -5.12. The molecule has 9 heteroatoms. The average molecular weight is 309 g/mol. The predicted octanol–water partition coefficient (Wildman–Crippen LogP) is 3.27. The summed E-state index contributed by atoms with van der Waals surface area (Å²) in [6, 6.07) is 7.07. The quantitative estimate of drug-likeness (QED) is 0.632. The summed E-state index contributed by atoms with van der Waals surface area (Å²) in [4.78, 5) is 14.5. The summed E-state index contributed by atoms with van der Waals surface area (Å²) < 4.78 is 58.9. The third kappa shape index (κ3) is 3.75. The van der Waals surface area contributed by atoms with Crippen molar-refractivity contribution in [2.24, 2.45) is 4.99 Å². The zero-order chi connectivity index (χ0) is 15.4. The van der Waals surface area contributed by atoms with E-state index < -0.39 is 25.1 Å². The number of hydrogen-bond acceptors (Lipinski definition) is 4. The van der Waals surface area contributed by atoms with Crippen molar-refractivity contribution in [1.82, 2.24) is 0 Å². The molecule has 0 heterocycles. The van der Waals surface area contributed by atoms with Crippen molar-refractivity contribution < 1.29 is 31.6 Å². The molecule has 0 aliphatic carbocycles. The Morgan fingerprint density at radius 3 is 2.05 bits per heavy atom. The molecular formula is C11H11F3NO4P. The van der Waals surface area contributed by atoms with E-state index in [0.717, 1.165) is 14.2 Å². The second kappa shape index (κ2) is 6.30. The van der Waals surface area contributed by atoms with Gasteiger partial charge >= 0.3 is 13.8 Å². The Bertz CT molecular complexity index is 549. The van der Waals surface area contributed by atoms with Crippen molar-refractivity contribution >= 4 is 19.0 Å². The molecule has 1 rings (SSSR count). The van der Waals surface area contributed by atoms with E-state index in [9.17, 15) is 22.5 Å². The zero-order valence-corrected chi connectivity index (χ0v) is 11.4. The Kier molecular flexibility index (Phi) is 5.21. The Balaban J connectivity index is 3.30. The van der Waals surface area contributed by atoms with E-state index in [4.69, 9.17) is 0 Å². The lowest BCUT2D eigenvalue weighted by molar-refractivity contribution is -0.0572. The van der Waals surface area contributed by atoms with Gasteiger partial charge in [-0.1, -0.05) is 18.2 Å². The van der Waals surface area contributed by atoms with Crippen LogP contribution in [0.3, 0.4) is 0 Å². The highest BCUT2D eigenvalue weighted by atomic mass is 31.2. The first-order valence-corrected chi connectivity index (χ1v) is 6.76. The summed E-state index contributed by atoms with van der Waals surface area (Å²) in [6.07, 6.45) is -5.12. The highest BCUT2D eigenvalue weighted by Gasteiger charge is 2.50. The molecule has 0 aromatic heterocycles. The van der Waals surface area contributed by atoms with Gasteiger partial charge in [-0.15, -0.1) is 0 Å². The fraction of sp³-hybridized carbons (Fsp3) is 0.273. The second-order valence-electron chi connectivity index (χ2n) is 3.47. The van der Waals surface area contributed by atoms with Crippen molar-refractivity contribution in [3.8, 4) is 0 Å². The van der Waals surface area contributed by atoms with Crippen molar-refractivity contribution in [2.75, 3.05) is 14.2 Å². The first kappa shape index (κ1) is 16.6. The van der Waals surface area contributed by atoms with Crippen LogP contribution in [0.4, 0.5) is 13.2 Å². The molecule has 0 saturated carbocycles. The van der Waals surface area contributed by atoms with Crippen LogP contribution in [0.2, 0.25) is 0 Å². The van der Waals surface area contributed by atoms with E-state index in [-0.39, 0.29) is 5.56 Å². The van der Waals surface area contributed by atoms with Crippen LogP contribution in [-0.2, 0) is 13.6 Å². The third-order valence-electron chi connectivity index (χ3n) is 2.22. The third-order valence-corrected chi connectivity index (χ3v) is 4.06. The molecule has 20 heavy (non-hydrogen) atoms. The second-order valence-corrected chi connectivity index (χ2v) is 5.62. The van der Waals surface area contributed by atoms with Gasteiger partial charge in [0.25, 0.3) is 5.91 Å². The lowest BCUT2D eigenvalue weighted by Gasteiger charge is -2.17. The molecular weight excluding hydrogens is 298 g/mol. The van der Waals surface area contributed by atoms with Gasteiger partial charge in [0.2, 0.25) is 5.45 Å². The lowest BCUT2D eigenvalue weighted by atomic mass is 10.2. The number of nitrogens with zero attached hydrogens (tertiary/aromatic N) is 1. The molecule has 0 radical (unpaired) electrons. The summed E-state index contributed by atoms with van der Waals surface area (Å²) >= 11 is 0. The number of rotatable bonds is 4.